The summed E-state index contributed by atoms with van der Waals surface area (Å²) < 4.78 is 8.81. The van der Waals surface area contributed by atoms with Gasteiger partial charge in [-0.3, -0.25) is 0 Å². The first-order chi connectivity index (χ1) is 10.7. The van der Waals surface area contributed by atoms with Crippen molar-refractivity contribution in [1.82, 2.24) is 9.47 Å². The normalized spacial score (nSPS) is 25.7. The summed E-state index contributed by atoms with van der Waals surface area (Å²) >= 11 is 0. The highest BCUT2D eigenvalue weighted by Crippen LogP contribution is 2.40. The molecular weight excluding hydrogens is 272 g/mol. The number of ether oxygens (including phenoxy) is 1. The second-order valence-corrected chi connectivity index (χ2v) is 7.02. The monoisotopic (exact) mass is 298 g/mol. The minimum atomic E-state index is -0.149. The van der Waals surface area contributed by atoms with Crippen LogP contribution in [0.2, 0.25) is 0 Å². The minimum absolute atomic E-state index is 0.149. The molecule has 3 nitrogen and oxygen atoms in total. The molecule has 0 bridgehead atoms. The first kappa shape index (κ1) is 14.3. The molecule has 1 atom stereocenters. The van der Waals surface area contributed by atoms with E-state index in [1.54, 1.807) is 0 Å². The van der Waals surface area contributed by atoms with Crippen molar-refractivity contribution in [3.63, 3.8) is 0 Å². The lowest BCUT2D eigenvalue weighted by Crippen LogP contribution is -2.39. The van der Waals surface area contributed by atoms with E-state index in [0.717, 1.165) is 26.1 Å². The summed E-state index contributed by atoms with van der Waals surface area (Å²) in [5.74, 6) is 0. The van der Waals surface area contributed by atoms with Crippen LogP contribution in [-0.2, 0) is 16.9 Å². The van der Waals surface area contributed by atoms with Crippen LogP contribution in [0.15, 0.2) is 24.3 Å². The van der Waals surface area contributed by atoms with Crippen molar-refractivity contribution < 1.29 is 4.74 Å². The van der Waals surface area contributed by atoms with Gasteiger partial charge < -0.3 is 14.2 Å². The number of fused-ring (bicyclic) bond motifs is 3. The number of para-hydroxylation sites is 1. The lowest BCUT2D eigenvalue weighted by molar-refractivity contribution is -0.0729. The Bertz CT molecular complexity index is 684. The first-order valence-electron chi connectivity index (χ1n) is 8.64. The van der Waals surface area contributed by atoms with Crippen molar-refractivity contribution in [1.29, 1.82) is 0 Å². The number of benzene rings is 1. The van der Waals surface area contributed by atoms with E-state index in [0.29, 0.717) is 0 Å². The molecule has 1 saturated heterocycles. The van der Waals surface area contributed by atoms with Crippen molar-refractivity contribution in [2.45, 2.75) is 45.3 Å². The molecule has 22 heavy (non-hydrogen) atoms. The zero-order valence-corrected chi connectivity index (χ0v) is 13.8. The third-order valence-electron chi connectivity index (χ3n) is 5.56. The number of aryl methyl sites for hydroxylation is 1. The zero-order valence-electron chi connectivity index (χ0n) is 13.8. The summed E-state index contributed by atoms with van der Waals surface area (Å²) in [7, 11) is 0. The molecule has 3 heteroatoms. The van der Waals surface area contributed by atoms with Crippen molar-refractivity contribution in [3.8, 4) is 0 Å². The van der Waals surface area contributed by atoms with Gasteiger partial charge in [0.15, 0.2) is 0 Å². The van der Waals surface area contributed by atoms with E-state index >= 15 is 0 Å². The van der Waals surface area contributed by atoms with Gasteiger partial charge in [0, 0.05) is 24.0 Å². The number of hydrogen-bond donors (Lipinski definition) is 0. The van der Waals surface area contributed by atoms with Crippen LogP contribution in [-0.4, -0.2) is 35.7 Å². The van der Waals surface area contributed by atoms with Gasteiger partial charge in [-0.15, -0.1) is 0 Å². The topological polar surface area (TPSA) is 17.4 Å². The summed E-state index contributed by atoms with van der Waals surface area (Å²) in [5, 5.41) is 1.38. The Kier molecular flexibility index (Phi) is 3.50. The highest BCUT2D eigenvalue weighted by atomic mass is 16.5. The largest absolute Gasteiger partial charge is 0.367 e. The minimum Gasteiger partial charge on any atom is -0.367 e. The number of nitrogens with zero attached hydrogens (tertiary/aromatic N) is 2. The maximum atomic E-state index is 6.31. The number of aromatic nitrogens is 1. The van der Waals surface area contributed by atoms with Gasteiger partial charge in [-0.1, -0.05) is 18.2 Å². The highest BCUT2D eigenvalue weighted by Gasteiger charge is 2.37. The molecule has 1 unspecified atom stereocenters. The Labute approximate surface area is 132 Å². The third-order valence-corrected chi connectivity index (χ3v) is 5.56. The Morgan fingerprint density at radius 3 is 2.73 bits per heavy atom. The summed E-state index contributed by atoms with van der Waals surface area (Å²) in [6, 6.07) is 8.78. The molecule has 1 aromatic carbocycles. The van der Waals surface area contributed by atoms with Gasteiger partial charge in [0.2, 0.25) is 0 Å². The molecule has 1 aromatic heterocycles. The van der Waals surface area contributed by atoms with Crippen molar-refractivity contribution in [2.24, 2.45) is 0 Å². The maximum absolute atomic E-state index is 6.31. The van der Waals surface area contributed by atoms with Gasteiger partial charge in [0.25, 0.3) is 0 Å². The Morgan fingerprint density at radius 1 is 1.14 bits per heavy atom. The van der Waals surface area contributed by atoms with Gasteiger partial charge in [0.05, 0.1) is 12.3 Å². The highest BCUT2D eigenvalue weighted by molar-refractivity contribution is 5.85. The van der Waals surface area contributed by atoms with Gasteiger partial charge in [0.1, 0.15) is 5.60 Å². The van der Waals surface area contributed by atoms with Crippen LogP contribution in [0.3, 0.4) is 0 Å². The molecule has 1 fully saturated rings. The molecule has 0 spiro atoms. The van der Waals surface area contributed by atoms with Crippen molar-refractivity contribution in [3.05, 3.63) is 35.5 Å². The second kappa shape index (κ2) is 5.39. The summed E-state index contributed by atoms with van der Waals surface area (Å²) in [6.45, 7) is 10.0. The molecule has 0 aliphatic carbocycles. The Hall–Kier alpha value is -1.32. The average Bonchev–Trinajstić information content (AvgIpc) is 3.14. The Balaban J connectivity index is 1.71. The average molecular weight is 298 g/mol. The van der Waals surface area contributed by atoms with Gasteiger partial charge >= 0.3 is 0 Å². The van der Waals surface area contributed by atoms with Crippen LogP contribution < -0.4 is 0 Å². The van der Waals surface area contributed by atoms with Crippen LogP contribution in [0.1, 0.15) is 37.4 Å². The van der Waals surface area contributed by atoms with Crippen molar-refractivity contribution in [2.75, 3.05) is 26.2 Å². The van der Waals surface area contributed by atoms with Crippen molar-refractivity contribution >= 4 is 10.9 Å². The summed E-state index contributed by atoms with van der Waals surface area (Å²) in [5.41, 5.74) is 4.02. The molecule has 2 aromatic rings. The molecule has 3 heterocycles. The zero-order chi connectivity index (χ0) is 15.2. The smallest absolute Gasteiger partial charge is 0.107 e. The lowest BCUT2D eigenvalue weighted by atomic mass is 9.92. The summed E-state index contributed by atoms with van der Waals surface area (Å²) in [4.78, 5) is 2.59. The fraction of sp³-hybridized carbons (Fsp3) is 0.579. The molecule has 0 N–H and O–H groups in total. The fourth-order valence-electron chi connectivity index (χ4n) is 4.39. The number of rotatable bonds is 3. The van der Waals surface area contributed by atoms with Gasteiger partial charge in [-0.25, -0.2) is 0 Å². The van der Waals surface area contributed by atoms with Crippen LogP contribution >= 0.6 is 0 Å². The van der Waals surface area contributed by atoms with E-state index in [9.17, 15) is 0 Å². The predicted octanol–water partition coefficient (Wildman–Crippen LogP) is 3.68. The molecule has 0 amide bonds. The van der Waals surface area contributed by atoms with Crippen LogP contribution in [0.4, 0.5) is 0 Å². The van der Waals surface area contributed by atoms with Gasteiger partial charge in [-0.2, -0.15) is 0 Å². The lowest BCUT2D eigenvalue weighted by Gasteiger charge is -2.37. The molecule has 0 saturated carbocycles. The number of likely N-dealkylation sites (tertiary alicyclic amines) is 1. The predicted molar refractivity (Wildman–Crippen MR) is 90.3 cm³/mol. The van der Waals surface area contributed by atoms with Crippen LogP contribution in [0, 0.1) is 6.92 Å². The molecular formula is C19H26N2O. The van der Waals surface area contributed by atoms with E-state index in [2.05, 4.69) is 47.6 Å². The van der Waals surface area contributed by atoms with Crippen LogP contribution in [0.5, 0.6) is 0 Å². The fourth-order valence-corrected chi connectivity index (χ4v) is 4.39. The third kappa shape index (κ3) is 2.19. The van der Waals surface area contributed by atoms with E-state index in [-0.39, 0.29) is 5.60 Å². The molecule has 118 valence electrons. The van der Waals surface area contributed by atoms with E-state index in [1.807, 2.05) is 0 Å². The van der Waals surface area contributed by atoms with Crippen LogP contribution in [0.25, 0.3) is 10.9 Å². The summed E-state index contributed by atoms with van der Waals surface area (Å²) in [6.07, 6.45) is 3.80. The van der Waals surface area contributed by atoms with E-state index in [4.69, 9.17) is 4.74 Å². The maximum Gasteiger partial charge on any atom is 0.107 e. The molecule has 2 aliphatic rings. The second-order valence-electron chi connectivity index (χ2n) is 7.02. The number of hydrogen-bond acceptors (Lipinski definition) is 2. The Morgan fingerprint density at radius 2 is 1.91 bits per heavy atom. The molecule has 2 aliphatic heterocycles. The first-order valence-corrected chi connectivity index (χ1v) is 8.64. The van der Waals surface area contributed by atoms with Gasteiger partial charge in [-0.05, 0) is 57.8 Å². The molecule has 4 rings (SSSR count). The molecule has 0 radical (unpaired) electrons. The quantitative estimate of drug-likeness (QED) is 0.860. The SMILES string of the molecule is Cc1c2n(c3ccccc13)CCOC2(C)CCN1CCCC1. The van der Waals surface area contributed by atoms with E-state index in [1.165, 1.54) is 48.1 Å². The standard InChI is InChI=1S/C19H26N2O/c1-15-16-7-3-4-8-17(16)21-13-14-22-19(2,18(15)21)9-12-20-10-5-6-11-20/h3-4,7-8H,5-6,9-14H2,1-2H3. The van der Waals surface area contributed by atoms with E-state index < -0.39 is 0 Å².